The van der Waals surface area contributed by atoms with Gasteiger partial charge < -0.3 is 16.0 Å². The molecular formula is C33H26N4O3S. The maximum absolute atomic E-state index is 13.5. The number of carbonyl (C=O) groups excluding carboxylic acids is 3. The summed E-state index contributed by atoms with van der Waals surface area (Å²) in [5, 5.41) is 10.4. The van der Waals surface area contributed by atoms with E-state index in [0.717, 1.165) is 21.2 Å². The SMILES string of the molecule is O=C(CSc1cccc(NC(=O)/C(=C\c2cccc3ccccc23)NC(=O)c2ccccc2)c1)Nc1ccccn1. The topological polar surface area (TPSA) is 100 Å². The zero-order chi connectivity index (χ0) is 28.4. The molecule has 0 atom stereocenters. The molecule has 0 saturated heterocycles. The molecule has 3 amide bonds. The predicted molar refractivity (Wildman–Crippen MR) is 164 cm³/mol. The Labute approximate surface area is 241 Å². The van der Waals surface area contributed by atoms with Crippen molar-refractivity contribution in [1.29, 1.82) is 0 Å². The van der Waals surface area contributed by atoms with Crippen molar-refractivity contribution in [3.63, 3.8) is 0 Å². The highest BCUT2D eigenvalue weighted by molar-refractivity contribution is 8.00. The van der Waals surface area contributed by atoms with Gasteiger partial charge in [0.2, 0.25) is 5.91 Å². The first kappa shape index (κ1) is 27.4. The van der Waals surface area contributed by atoms with Crippen LogP contribution in [0.2, 0.25) is 0 Å². The van der Waals surface area contributed by atoms with E-state index in [0.29, 0.717) is 17.1 Å². The molecule has 8 heteroatoms. The molecule has 4 aromatic carbocycles. The van der Waals surface area contributed by atoms with Crippen LogP contribution in [0.4, 0.5) is 11.5 Å². The first-order chi connectivity index (χ1) is 20.0. The van der Waals surface area contributed by atoms with Crippen LogP contribution in [0.1, 0.15) is 15.9 Å². The maximum atomic E-state index is 13.5. The van der Waals surface area contributed by atoms with Crippen LogP contribution in [0, 0.1) is 0 Å². The fourth-order valence-electron chi connectivity index (χ4n) is 4.10. The minimum absolute atomic E-state index is 0.100. The highest BCUT2D eigenvalue weighted by atomic mass is 32.2. The Morgan fingerprint density at radius 3 is 2.34 bits per heavy atom. The zero-order valence-electron chi connectivity index (χ0n) is 21.9. The Morgan fingerprint density at radius 1 is 0.756 bits per heavy atom. The van der Waals surface area contributed by atoms with Gasteiger partial charge in [-0.15, -0.1) is 11.8 Å². The molecule has 0 fully saturated rings. The molecule has 0 saturated carbocycles. The minimum atomic E-state index is -0.475. The number of pyridine rings is 1. The number of hydrogen-bond acceptors (Lipinski definition) is 5. The second kappa shape index (κ2) is 13.2. The molecule has 3 N–H and O–H groups in total. The number of aromatic nitrogens is 1. The third-order valence-corrected chi connectivity index (χ3v) is 7.04. The van der Waals surface area contributed by atoms with Crippen LogP contribution in [0.5, 0.6) is 0 Å². The van der Waals surface area contributed by atoms with Crippen LogP contribution in [0.15, 0.2) is 132 Å². The second-order valence-corrected chi connectivity index (χ2v) is 10.0. The van der Waals surface area contributed by atoms with Crippen molar-refractivity contribution >= 4 is 57.8 Å². The smallest absolute Gasteiger partial charge is 0.272 e. The monoisotopic (exact) mass is 558 g/mol. The van der Waals surface area contributed by atoms with Crippen LogP contribution in [-0.4, -0.2) is 28.5 Å². The fraction of sp³-hybridized carbons (Fsp3) is 0.0303. The van der Waals surface area contributed by atoms with Crippen LogP contribution in [-0.2, 0) is 9.59 Å². The number of nitrogens with zero attached hydrogens (tertiary/aromatic N) is 1. The van der Waals surface area contributed by atoms with Crippen molar-refractivity contribution in [2.24, 2.45) is 0 Å². The molecule has 0 bridgehead atoms. The van der Waals surface area contributed by atoms with Crippen LogP contribution in [0.3, 0.4) is 0 Å². The van der Waals surface area contributed by atoms with E-state index in [-0.39, 0.29) is 17.4 Å². The van der Waals surface area contributed by atoms with Gasteiger partial charge in [0.1, 0.15) is 11.5 Å². The number of fused-ring (bicyclic) bond motifs is 1. The van der Waals surface area contributed by atoms with Gasteiger partial charge in [0.25, 0.3) is 11.8 Å². The molecule has 41 heavy (non-hydrogen) atoms. The van der Waals surface area contributed by atoms with Crippen molar-refractivity contribution in [2.75, 3.05) is 16.4 Å². The Morgan fingerprint density at radius 2 is 1.51 bits per heavy atom. The third kappa shape index (κ3) is 7.46. The molecule has 0 unspecified atom stereocenters. The Bertz CT molecular complexity index is 1720. The lowest BCUT2D eigenvalue weighted by Gasteiger charge is -2.13. The van der Waals surface area contributed by atoms with E-state index in [1.165, 1.54) is 11.8 Å². The standard InChI is InChI=1S/C33H26N4O3S/c38-31(37-30-18-6-7-19-34-30)22-41-27-16-9-15-26(21-27)35-33(40)29(36-32(39)24-11-2-1-3-12-24)20-25-14-8-13-23-10-4-5-17-28(23)25/h1-21H,22H2,(H,35,40)(H,36,39)(H,34,37,38)/b29-20+. The van der Waals surface area contributed by atoms with Gasteiger partial charge in [-0.1, -0.05) is 72.8 Å². The summed E-state index contributed by atoms with van der Waals surface area (Å²) in [6.45, 7) is 0. The summed E-state index contributed by atoms with van der Waals surface area (Å²) in [5.74, 6) is -0.394. The summed E-state index contributed by atoms with van der Waals surface area (Å²) < 4.78 is 0. The number of benzene rings is 4. The van der Waals surface area contributed by atoms with Gasteiger partial charge in [0.05, 0.1) is 5.75 Å². The highest BCUT2D eigenvalue weighted by Crippen LogP contribution is 2.24. The Balaban J connectivity index is 1.34. The molecule has 0 aliphatic rings. The zero-order valence-corrected chi connectivity index (χ0v) is 22.7. The van der Waals surface area contributed by atoms with Gasteiger partial charge in [-0.3, -0.25) is 14.4 Å². The highest BCUT2D eigenvalue weighted by Gasteiger charge is 2.16. The molecule has 0 aliphatic heterocycles. The number of rotatable bonds is 9. The summed E-state index contributed by atoms with van der Waals surface area (Å²) in [5.41, 5.74) is 1.86. The van der Waals surface area contributed by atoms with Crippen molar-refractivity contribution in [3.05, 3.63) is 138 Å². The fourth-order valence-corrected chi connectivity index (χ4v) is 4.86. The summed E-state index contributed by atoms with van der Waals surface area (Å²) in [6, 6.07) is 34.9. The predicted octanol–water partition coefficient (Wildman–Crippen LogP) is 6.38. The molecule has 5 rings (SSSR count). The summed E-state index contributed by atoms with van der Waals surface area (Å²) in [7, 11) is 0. The van der Waals surface area contributed by atoms with Crippen molar-refractivity contribution in [3.8, 4) is 0 Å². The molecule has 7 nitrogen and oxygen atoms in total. The van der Waals surface area contributed by atoms with Gasteiger partial charge in [0.15, 0.2) is 0 Å². The molecule has 1 aromatic heterocycles. The molecule has 202 valence electrons. The normalized spacial score (nSPS) is 11.1. The average molecular weight is 559 g/mol. The van der Waals surface area contributed by atoms with Crippen LogP contribution in [0.25, 0.3) is 16.8 Å². The maximum Gasteiger partial charge on any atom is 0.272 e. The van der Waals surface area contributed by atoms with E-state index < -0.39 is 11.8 Å². The summed E-state index contributed by atoms with van der Waals surface area (Å²) in [4.78, 5) is 43.8. The quantitative estimate of drug-likeness (QED) is 0.144. The molecular weight excluding hydrogens is 532 g/mol. The number of carbonyl (C=O) groups is 3. The number of nitrogens with one attached hydrogen (secondary N) is 3. The summed E-state index contributed by atoms with van der Waals surface area (Å²) >= 11 is 1.33. The number of amides is 3. The Kier molecular flexibility index (Phi) is 8.83. The van der Waals surface area contributed by atoms with E-state index in [1.54, 1.807) is 72.9 Å². The van der Waals surface area contributed by atoms with Crippen molar-refractivity contribution in [2.45, 2.75) is 4.90 Å². The van der Waals surface area contributed by atoms with Gasteiger partial charge >= 0.3 is 0 Å². The molecule has 0 spiro atoms. The van der Waals surface area contributed by atoms with Crippen LogP contribution >= 0.6 is 11.8 Å². The van der Waals surface area contributed by atoms with Gasteiger partial charge in [0, 0.05) is 22.3 Å². The lowest BCUT2D eigenvalue weighted by Crippen LogP contribution is -2.30. The number of hydrogen-bond donors (Lipinski definition) is 3. The number of thioether (sulfide) groups is 1. The van der Waals surface area contributed by atoms with E-state index in [2.05, 4.69) is 20.9 Å². The van der Waals surface area contributed by atoms with Crippen LogP contribution < -0.4 is 16.0 Å². The van der Waals surface area contributed by atoms with Crippen molar-refractivity contribution < 1.29 is 14.4 Å². The lowest BCUT2D eigenvalue weighted by atomic mass is 10.0. The largest absolute Gasteiger partial charge is 0.321 e. The average Bonchev–Trinajstić information content (AvgIpc) is 3.01. The third-order valence-electron chi connectivity index (χ3n) is 6.05. The van der Waals surface area contributed by atoms with E-state index in [4.69, 9.17) is 0 Å². The molecule has 0 radical (unpaired) electrons. The van der Waals surface area contributed by atoms with E-state index >= 15 is 0 Å². The van der Waals surface area contributed by atoms with Crippen molar-refractivity contribution in [1.82, 2.24) is 10.3 Å². The lowest BCUT2D eigenvalue weighted by molar-refractivity contribution is -0.114. The van der Waals surface area contributed by atoms with Gasteiger partial charge in [-0.2, -0.15) is 0 Å². The van der Waals surface area contributed by atoms with Gasteiger partial charge in [-0.05, 0) is 64.9 Å². The molecule has 1 heterocycles. The van der Waals surface area contributed by atoms with Gasteiger partial charge in [-0.25, -0.2) is 4.98 Å². The second-order valence-electron chi connectivity index (χ2n) is 8.98. The number of anilines is 2. The Hall–Kier alpha value is -5.21. The first-order valence-corrected chi connectivity index (χ1v) is 13.8. The molecule has 0 aliphatic carbocycles. The molecule has 5 aromatic rings. The summed E-state index contributed by atoms with van der Waals surface area (Å²) in [6.07, 6.45) is 3.29. The van der Waals surface area contributed by atoms with E-state index in [1.807, 2.05) is 54.6 Å². The minimum Gasteiger partial charge on any atom is -0.321 e. The first-order valence-electron chi connectivity index (χ1n) is 12.9. The van der Waals surface area contributed by atoms with E-state index in [9.17, 15) is 14.4 Å².